The van der Waals surface area contributed by atoms with Gasteiger partial charge >= 0.3 is 0 Å². The monoisotopic (exact) mass is 252 g/mol. The van der Waals surface area contributed by atoms with E-state index < -0.39 is 0 Å². The molecule has 0 bridgehead atoms. The molecule has 0 aromatic heterocycles. The summed E-state index contributed by atoms with van der Waals surface area (Å²) in [6, 6.07) is 7.13. The van der Waals surface area contributed by atoms with Crippen LogP contribution in [-0.2, 0) is 4.79 Å². The Morgan fingerprint density at radius 1 is 1.47 bits per heavy atom. The van der Waals surface area contributed by atoms with Gasteiger partial charge < -0.3 is 15.0 Å². The van der Waals surface area contributed by atoms with E-state index in [1.54, 1.807) is 31.4 Å². The lowest BCUT2D eigenvalue weighted by atomic mass is 10.3. The highest BCUT2D eigenvalue weighted by atomic mass is 32.2. The largest absolute Gasteiger partial charge is 0.497 e. The number of hydrogen-bond acceptors (Lipinski definition) is 4. The van der Waals surface area contributed by atoms with Gasteiger partial charge in [0, 0.05) is 12.2 Å². The minimum absolute atomic E-state index is 0.102. The van der Waals surface area contributed by atoms with Gasteiger partial charge in [-0.3, -0.25) is 9.59 Å². The Morgan fingerprint density at radius 3 is 2.65 bits per heavy atom. The van der Waals surface area contributed by atoms with Gasteiger partial charge in [0.25, 0.3) is 5.24 Å². The van der Waals surface area contributed by atoms with E-state index in [2.05, 4.69) is 5.32 Å². The highest BCUT2D eigenvalue weighted by Gasteiger charge is 2.28. The van der Waals surface area contributed by atoms with Gasteiger partial charge in [0.2, 0.25) is 6.41 Å². The van der Waals surface area contributed by atoms with Crippen molar-refractivity contribution in [2.75, 3.05) is 18.6 Å². The van der Waals surface area contributed by atoms with E-state index in [0.29, 0.717) is 6.54 Å². The maximum atomic E-state index is 11.1. The normalized spacial score (nSPS) is 18.6. The van der Waals surface area contributed by atoms with Crippen LogP contribution in [0.2, 0.25) is 0 Å². The standard InChI is InChI=1S/C11H12N2O3S/c1-16-9-4-2-8(3-5-9)13(7-14)10-6-12-11(15)17-10/h2-5,7,10H,6H2,1H3,(H,12,15). The van der Waals surface area contributed by atoms with Crippen LogP contribution in [0.25, 0.3) is 0 Å². The number of carbonyl (C=O) groups excluding carboxylic acids is 2. The zero-order valence-corrected chi connectivity index (χ0v) is 10.1. The molecule has 1 fully saturated rings. The predicted molar refractivity (Wildman–Crippen MR) is 66.3 cm³/mol. The molecular formula is C11H12N2O3S. The third-order valence-corrected chi connectivity index (χ3v) is 3.48. The first-order chi connectivity index (χ1) is 8.24. The van der Waals surface area contributed by atoms with Crippen LogP contribution in [0, 0.1) is 0 Å². The number of benzene rings is 1. The Balaban J connectivity index is 2.16. The molecule has 1 heterocycles. The van der Waals surface area contributed by atoms with Crippen molar-refractivity contribution < 1.29 is 14.3 Å². The number of carbonyl (C=O) groups is 2. The van der Waals surface area contributed by atoms with Gasteiger partial charge in [-0.15, -0.1) is 0 Å². The SMILES string of the molecule is COc1ccc(N(C=O)C2CNC(=O)S2)cc1. The molecule has 2 amide bonds. The molecule has 2 rings (SSSR count). The molecule has 0 radical (unpaired) electrons. The summed E-state index contributed by atoms with van der Waals surface area (Å²) in [5.41, 5.74) is 0.745. The summed E-state index contributed by atoms with van der Waals surface area (Å²) in [6.07, 6.45) is 0.736. The van der Waals surface area contributed by atoms with E-state index in [-0.39, 0.29) is 10.6 Å². The Morgan fingerprint density at radius 2 is 2.18 bits per heavy atom. The van der Waals surface area contributed by atoms with Gasteiger partial charge in [-0.1, -0.05) is 0 Å². The Kier molecular flexibility index (Phi) is 3.53. The molecule has 1 aliphatic rings. The first kappa shape index (κ1) is 11.8. The Labute approximate surface area is 103 Å². The number of amides is 2. The molecule has 90 valence electrons. The van der Waals surface area contributed by atoms with Crippen molar-refractivity contribution >= 4 is 29.1 Å². The fourth-order valence-corrected chi connectivity index (χ4v) is 2.45. The molecule has 1 aliphatic heterocycles. The topological polar surface area (TPSA) is 58.6 Å². The van der Waals surface area contributed by atoms with Crippen LogP contribution >= 0.6 is 11.8 Å². The zero-order valence-electron chi connectivity index (χ0n) is 9.25. The summed E-state index contributed by atoms with van der Waals surface area (Å²) in [4.78, 5) is 23.7. The summed E-state index contributed by atoms with van der Waals surface area (Å²) in [6.45, 7) is 0.467. The second kappa shape index (κ2) is 5.09. The van der Waals surface area contributed by atoms with Crippen LogP contribution in [-0.4, -0.2) is 30.7 Å². The summed E-state index contributed by atoms with van der Waals surface area (Å²) in [5.74, 6) is 0.730. The number of nitrogens with one attached hydrogen (secondary N) is 1. The van der Waals surface area contributed by atoms with Crippen molar-refractivity contribution in [3.05, 3.63) is 24.3 Å². The van der Waals surface area contributed by atoms with Crippen LogP contribution in [0.5, 0.6) is 5.75 Å². The number of anilines is 1. The molecule has 0 spiro atoms. The van der Waals surface area contributed by atoms with Crippen LogP contribution in [0.4, 0.5) is 10.5 Å². The van der Waals surface area contributed by atoms with E-state index in [0.717, 1.165) is 29.6 Å². The molecule has 0 saturated carbocycles. The lowest BCUT2D eigenvalue weighted by Crippen LogP contribution is -2.34. The number of nitrogens with zero attached hydrogens (tertiary/aromatic N) is 1. The molecule has 0 aliphatic carbocycles. The van der Waals surface area contributed by atoms with Crippen LogP contribution in [0.15, 0.2) is 24.3 Å². The summed E-state index contributed by atoms with van der Waals surface area (Å²) in [5, 5.41) is 2.39. The number of thioether (sulfide) groups is 1. The first-order valence-electron chi connectivity index (χ1n) is 5.07. The minimum Gasteiger partial charge on any atom is -0.497 e. The molecule has 6 heteroatoms. The molecule has 1 atom stereocenters. The van der Waals surface area contributed by atoms with Crippen molar-refractivity contribution in [1.82, 2.24) is 5.32 Å². The van der Waals surface area contributed by atoms with Crippen molar-refractivity contribution in [2.45, 2.75) is 5.37 Å². The highest BCUT2D eigenvalue weighted by molar-refractivity contribution is 8.14. The summed E-state index contributed by atoms with van der Waals surface area (Å²) < 4.78 is 5.05. The molecule has 1 saturated heterocycles. The van der Waals surface area contributed by atoms with Gasteiger partial charge in [0.1, 0.15) is 11.1 Å². The summed E-state index contributed by atoms with van der Waals surface area (Å²) in [7, 11) is 1.59. The molecule has 1 aromatic carbocycles. The van der Waals surface area contributed by atoms with E-state index in [1.165, 1.54) is 4.90 Å². The maximum absolute atomic E-state index is 11.1. The molecule has 5 nitrogen and oxygen atoms in total. The van der Waals surface area contributed by atoms with Crippen molar-refractivity contribution in [1.29, 1.82) is 0 Å². The number of ether oxygens (including phenoxy) is 1. The minimum atomic E-state index is -0.187. The third-order valence-electron chi connectivity index (χ3n) is 2.46. The summed E-state index contributed by atoms with van der Waals surface area (Å²) >= 11 is 1.12. The second-order valence-corrected chi connectivity index (χ2v) is 4.60. The maximum Gasteiger partial charge on any atom is 0.281 e. The molecule has 1 N–H and O–H groups in total. The molecular weight excluding hydrogens is 240 g/mol. The molecule has 17 heavy (non-hydrogen) atoms. The van der Waals surface area contributed by atoms with E-state index in [1.807, 2.05) is 0 Å². The van der Waals surface area contributed by atoms with E-state index in [9.17, 15) is 9.59 Å². The lowest BCUT2D eigenvalue weighted by molar-refractivity contribution is -0.107. The van der Waals surface area contributed by atoms with Crippen LogP contribution in [0.3, 0.4) is 0 Å². The van der Waals surface area contributed by atoms with Gasteiger partial charge in [-0.25, -0.2) is 0 Å². The van der Waals surface area contributed by atoms with Gasteiger partial charge in [0.05, 0.1) is 7.11 Å². The first-order valence-corrected chi connectivity index (χ1v) is 5.94. The predicted octanol–water partition coefficient (Wildman–Crippen LogP) is 1.44. The second-order valence-electron chi connectivity index (χ2n) is 3.45. The number of rotatable bonds is 4. The van der Waals surface area contributed by atoms with Gasteiger partial charge in [0.15, 0.2) is 0 Å². The number of hydrogen-bond donors (Lipinski definition) is 1. The van der Waals surface area contributed by atoms with Crippen molar-refractivity contribution in [2.24, 2.45) is 0 Å². The fraction of sp³-hybridized carbons (Fsp3) is 0.273. The van der Waals surface area contributed by atoms with Crippen molar-refractivity contribution in [3.63, 3.8) is 0 Å². The molecule has 1 aromatic rings. The smallest absolute Gasteiger partial charge is 0.281 e. The molecule has 1 unspecified atom stereocenters. The average molecular weight is 252 g/mol. The van der Waals surface area contributed by atoms with Gasteiger partial charge in [-0.2, -0.15) is 0 Å². The Hall–Kier alpha value is -1.69. The average Bonchev–Trinajstić information content (AvgIpc) is 2.78. The lowest BCUT2D eigenvalue weighted by Gasteiger charge is -2.22. The van der Waals surface area contributed by atoms with Gasteiger partial charge in [-0.05, 0) is 36.0 Å². The van der Waals surface area contributed by atoms with Crippen LogP contribution in [0.1, 0.15) is 0 Å². The van der Waals surface area contributed by atoms with E-state index in [4.69, 9.17) is 4.74 Å². The zero-order chi connectivity index (χ0) is 12.3. The third kappa shape index (κ3) is 2.52. The highest BCUT2D eigenvalue weighted by Crippen LogP contribution is 2.27. The van der Waals surface area contributed by atoms with Crippen LogP contribution < -0.4 is 15.0 Å². The number of methoxy groups -OCH3 is 1. The Bertz CT molecular complexity index is 421. The quantitative estimate of drug-likeness (QED) is 0.824. The van der Waals surface area contributed by atoms with E-state index >= 15 is 0 Å². The fourth-order valence-electron chi connectivity index (χ4n) is 1.58. The van der Waals surface area contributed by atoms with Crippen molar-refractivity contribution in [3.8, 4) is 5.75 Å².